The third-order valence-electron chi connectivity index (χ3n) is 2.46. The first-order valence-electron chi connectivity index (χ1n) is 4.73. The molecular formula is C12H10BrClO2. The average molecular weight is 302 g/mol. The fourth-order valence-electron chi connectivity index (χ4n) is 1.57. The van der Waals surface area contributed by atoms with Crippen LogP contribution in [-0.4, -0.2) is 5.11 Å². The lowest BCUT2D eigenvalue weighted by Gasteiger charge is -2.22. The lowest BCUT2D eigenvalue weighted by molar-refractivity contribution is 0.0768. The molecule has 0 aliphatic carbocycles. The normalized spacial score (nSPS) is 14.8. The summed E-state index contributed by atoms with van der Waals surface area (Å²) < 4.78 is 6.09. The molecule has 0 aliphatic heterocycles. The van der Waals surface area contributed by atoms with Crippen LogP contribution < -0.4 is 0 Å². The molecule has 2 rings (SSSR count). The summed E-state index contributed by atoms with van der Waals surface area (Å²) in [5.74, 6) is 0.469. The van der Waals surface area contributed by atoms with E-state index in [-0.39, 0.29) is 0 Å². The zero-order valence-corrected chi connectivity index (χ0v) is 10.9. The molecule has 0 radical (unpaired) electrons. The molecule has 0 bridgehead atoms. The van der Waals surface area contributed by atoms with Crippen LogP contribution in [0.25, 0.3) is 0 Å². The molecular weight excluding hydrogens is 291 g/mol. The average Bonchev–Trinajstić information content (AvgIpc) is 2.69. The highest BCUT2D eigenvalue weighted by Crippen LogP contribution is 2.35. The van der Waals surface area contributed by atoms with Gasteiger partial charge in [0.1, 0.15) is 11.4 Å². The summed E-state index contributed by atoms with van der Waals surface area (Å²) in [7, 11) is 0. The van der Waals surface area contributed by atoms with Crippen molar-refractivity contribution in [3.63, 3.8) is 0 Å². The first-order valence-corrected chi connectivity index (χ1v) is 5.91. The molecule has 0 saturated heterocycles. The van der Waals surface area contributed by atoms with Crippen molar-refractivity contribution < 1.29 is 9.52 Å². The number of hydrogen-bond donors (Lipinski definition) is 1. The van der Waals surface area contributed by atoms with Gasteiger partial charge >= 0.3 is 0 Å². The molecule has 16 heavy (non-hydrogen) atoms. The van der Waals surface area contributed by atoms with E-state index in [2.05, 4.69) is 15.9 Å². The van der Waals surface area contributed by atoms with E-state index >= 15 is 0 Å². The SMILES string of the molecule is CC(O)(c1ccco1)c1ccc(Br)cc1Cl. The summed E-state index contributed by atoms with van der Waals surface area (Å²) in [5.41, 5.74) is -0.603. The van der Waals surface area contributed by atoms with Gasteiger partial charge in [0.25, 0.3) is 0 Å². The maximum Gasteiger partial charge on any atom is 0.146 e. The van der Waals surface area contributed by atoms with E-state index in [0.717, 1.165) is 4.47 Å². The molecule has 84 valence electrons. The molecule has 1 unspecified atom stereocenters. The maximum atomic E-state index is 10.4. The molecule has 0 aliphatic rings. The Morgan fingerprint density at radius 1 is 1.38 bits per heavy atom. The van der Waals surface area contributed by atoms with Crippen molar-refractivity contribution in [2.75, 3.05) is 0 Å². The number of halogens is 2. The zero-order chi connectivity index (χ0) is 11.8. The summed E-state index contributed by atoms with van der Waals surface area (Å²) in [6, 6.07) is 8.80. The minimum atomic E-state index is -1.22. The van der Waals surface area contributed by atoms with Crippen LogP contribution in [0.4, 0.5) is 0 Å². The van der Waals surface area contributed by atoms with Crippen LogP contribution in [0.3, 0.4) is 0 Å². The van der Waals surface area contributed by atoms with Crippen molar-refractivity contribution in [3.05, 3.63) is 57.4 Å². The Morgan fingerprint density at radius 2 is 2.12 bits per heavy atom. The summed E-state index contributed by atoms with van der Waals surface area (Å²) >= 11 is 9.42. The zero-order valence-electron chi connectivity index (χ0n) is 8.58. The van der Waals surface area contributed by atoms with Gasteiger partial charge in [0.15, 0.2) is 0 Å². The highest BCUT2D eigenvalue weighted by atomic mass is 79.9. The van der Waals surface area contributed by atoms with E-state index in [1.165, 1.54) is 6.26 Å². The molecule has 1 N–H and O–H groups in total. The highest BCUT2D eigenvalue weighted by Gasteiger charge is 2.30. The minimum absolute atomic E-state index is 0.469. The Kier molecular flexibility index (Phi) is 3.10. The van der Waals surface area contributed by atoms with Crippen molar-refractivity contribution in [2.45, 2.75) is 12.5 Å². The molecule has 2 nitrogen and oxygen atoms in total. The molecule has 0 fully saturated rings. The van der Waals surface area contributed by atoms with Gasteiger partial charge in [-0.1, -0.05) is 33.6 Å². The lowest BCUT2D eigenvalue weighted by Crippen LogP contribution is -2.22. The second-order valence-electron chi connectivity index (χ2n) is 3.67. The summed E-state index contributed by atoms with van der Waals surface area (Å²) in [6.07, 6.45) is 1.52. The fraction of sp³-hybridized carbons (Fsp3) is 0.167. The number of hydrogen-bond acceptors (Lipinski definition) is 2. The predicted molar refractivity (Wildman–Crippen MR) is 66.5 cm³/mol. The molecule has 0 spiro atoms. The van der Waals surface area contributed by atoms with E-state index in [1.807, 2.05) is 6.07 Å². The molecule has 4 heteroatoms. The van der Waals surface area contributed by atoms with Crippen LogP contribution in [0.15, 0.2) is 45.5 Å². The maximum absolute atomic E-state index is 10.4. The van der Waals surface area contributed by atoms with Gasteiger partial charge in [-0.15, -0.1) is 0 Å². The van der Waals surface area contributed by atoms with Crippen molar-refractivity contribution >= 4 is 27.5 Å². The minimum Gasteiger partial charge on any atom is -0.466 e. The Hall–Kier alpha value is -0.770. The third-order valence-corrected chi connectivity index (χ3v) is 3.26. The van der Waals surface area contributed by atoms with Gasteiger partial charge < -0.3 is 9.52 Å². The smallest absolute Gasteiger partial charge is 0.146 e. The molecule has 2 aromatic rings. The topological polar surface area (TPSA) is 33.4 Å². The Morgan fingerprint density at radius 3 is 2.69 bits per heavy atom. The van der Waals surface area contributed by atoms with Gasteiger partial charge in [-0.25, -0.2) is 0 Å². The van der Waals surface area contributed by atoms with Gasteiger partial charge in [0.05, 0.1) is 6.26 Å². The van der Waals surface area contributed by atoms with Crippen LogP contribution in [0.1, 0.15) is 18.2 Å². The summed E-state index contributed by atoms with van der Waals surface area (Å²) in [5, 5.41) is 10.9. The van der Waals surface area contributed by atoms with Crippen molar-refractivity contribution in [1.29, 1.82) is 0 Å². The van der Waals surface area contributed by atoms with Gasteiger partial charge in [0.2, 0.25) is 0 Å². The predicted octanol–water partition coefficient (Wildman–Crippen LogP) is 3.95. The van der Waals surface area contributed by atoms with Crippen LogP contribution in [-0.2, 0) is 5.60 Å². The second-order valence-corrected chi connectivity index (χ2v) is 5.00. The molecule has 1 heterocycles. The highest BCUT2D eigenvalue weighted by molar-refractivity contribution is 9.10. The standard InChI is InChI=1S/C12H10BrClO2/c1-12(15,11-3-2-6-16-11)9-5-4-8(13)7-10(9)14/h2-7,15H,1H3. The lowest BCUT2D eigenvalue weighted by atomic mass is 9.93. The van der Waals surface area contributed by atoms with E-state index < -0.39 is 5.60 Å². The Balaban J connectivity index is 2.51. The van der Waals surface area contributed by atoms with Gasteiger partial charge in [-0.3, -0.25) is 0 Å². The van der Waals surface area contributed by atoms with E-state index in [9.17, 15) is 5.11 Å². The summed E-state index contributed by atoms with van der Waals surface area (Å²) in [6.45, 7) is 1.65. The Labute approximate surface area is 107 Å². The quantitative estimate of drug-likeness (QED) is 0.911. The van der Waals surface area contributed by atoms with Crippen LogP contribution in [0.5, 0.6) is 0 Å². The van der Waals surface area contributed by atoms with Crippen LogP contribution in [0.2, 0.25) is 5.02 Å². The van der Waals surface area contributed by atoms with Crippen LogP contribution in [0, 0.1) is 0 Å². The van der Waals surface area contributed by atoms with Crippen molar-refractivity contribution in [3.8, 4) is 0 Å². The van der Waals surface area contributed by atoms with E-state index in [4.69, 9.17) is 16.0 Å². The second kappa shape index (κ2) is 4.24. The monoisotopic (exact) mass is 300 g/mol. The summed E-state index contributed by atoms with van der Waals surface area (Å²) in [4.78, 5) is 0. The fourth-order valence-corrected chi connectivity index (χ4v) is 2.43. The molecule has 0 saturated carbocycles. The van der Waals surface area contributed by atoms with Crippen molar-refractivity contribution in [2.24, 2.45) is 0 Å². The van der Waals surface area contributed by atoms with E-state index in [0.29, 0.717) is 16.3 Å². The largest absolute Gasteiger partial charge is 0.466 e. The Bertz CT molecular complexity index is 492. The van der Waals surface area contributed by atoms with E-state index in [1.54, 1.807) is 31.2 Å². The van der Waals surface area contributed by atoms with Gasteiger partial charge in [-0.05, 0) is 31.2 Å². The molecule has 1 aromatic heterocycles. The van der Waals surface area contributed by atoms with Gasteiger partial charge in [-0.2, -0.15) is 0 Å². The van der Waals surface area contributed by atoms with Crippen LogP contribution >= 0.6 is 27.5 Å². The number of furan rings is 1. The molecule has 1 aromatic carbocycles. The van der Waals surface area contributed by atoms with Crippen molar-refractivity contribution in [1.82, 2.24) is 0 Å². The van der Waals surface area contributed by atoms with Gasteiger partial charge in [0, 0.05) is 15.1 Å². The first kappa shape index (κ1) is 11.7. The number of aliphatic hydroxyl groups is 1. The molecule has 1 atom stereocenters. The third kappa shape index (κ3) is 2.03. The number of benzene rings is 1. The number of rotatable bonds is 2. The molecule has 0 amide bonds. The first-order chi connectivity index (χ1) is 7.51.